The molecule has 1 heterocycles. The van der Waals surface area contributed by atoms with E-state index in [4.69, 9.17) is 23.2 Å². The number of aryl methyl sites for hydroxylation is 1. The number of hydrogen-bond acceptors (Lipinski definition) is 4. The first-order valence-corrected chi connectivity index (χ1v) is 8.13. The van der Waals surface area contributed by atoms with Crippen LogP contribution in [0.15, 0.2) is 41.5 Å². The van der Waals surface area contributed by atoms with E-state index in [1.807, 2.05) is 13.0 Å². The zero-order chi connectivity index (χ0) is 18.4. The summed E-state index contributed by atoms with van der Waals surface area (Å²) in [6.45, 7) is 3.47. The van der Waals surface area contributed by atoms with Crippen molar-refractivity contribution < 1.29 is 9.59 Å². The van der Waals surface area contributed by atoms with Crippen LogP contribution >= 0.6 is 23.2 Å². The Bertz CT molecular complexity index is 837. The fraction of sp³-hybridized carbons (Fsp3) is 0.176. The van der Waals surface area contributed by atoms with Crippen LogP contribution in [0.25, 0.3) is 0 Å². The van der Waals surface area contributed by atoms with Gasteiger partial charge >= 0.3 is 0 Å². The molecule has 1 aromatic carbocycles. The Morgan fingerprint density at radius 3 is 2.60 bits per heavy atom. The molecule has 0 aliphatic rings. The first-order chi connectivity index (χ1) is 11.8. The Morgan fingerprint density at radius 1 is 1.16 bits per heavy atom. The minimum absolute atomic E-state index is 0.0251. The lowest BCUT2D eigenvalue weighted by atomic mass is 10.2. The van der Waals surface area contributed by atoms with Crippen LogP contribution in [0.5, 0.6) is 0 Å². The molecule has 0 atom stereocenters. The Labute approximate surface area is 155 Å². The van der Waals surface area contributed by atoms with Crippen LogP contribution < -0.4 is 10.7 Å². The highest BCUT2D eigenvalue weighted by atomic mass is 35.5. The van der Waals surface area contributed by atoms with E-state index >= 15 is 0 Å². The van der Waals surface area contributed by atoms with Gasteiger partial charge in [-0.05, 0) is 44.2 Å². The molecule has 2 N–H and O–H groups in total. The Morgan fingerprint density at radius 2 is 1.92 bits per heavy atom. The third-order valence-corrected chi connectivity index (χ3v) is 3.84. The second kappa shape index (κ2) is 8.60. The summed E-state index contributed by atoms with van der Waals surface area (Å²) in [5.41, 5.74) is 3.94. The topological polar surface area (TPSA) is 83.4 Å². The van der Waals surface area contributed by atoms with E-state index in [1.54, 1.807) is 19.1 Å². The molecular formula is C17H16Cl2N4O2. The van der Waals surface area contributed by atoms with Crippen LogP contribution in [0.4, 0.5) is 5.82 Å². The summed E-state index contributed by atoms with van der Waals surface area (Å²) in [4.78, 5) is 28.1. The lowest BCUT2D eigenvalue weighted by Gasteiger charge is -2.06. The van der Waals surface area contributed by atoms with Crippen molar-refractivity contribution >= 4 is 46.5 Å². The number of rotatable bonds is 5. The Balaban J connectivity index is 1.91. The zero-order valence-electron chi connectivity index (χ0n) is 13.6. The number of hydrogen-bond donors (Lipinski definition) is 2. The molecule has 2 aromatic rings. The van der Waals surface area contributed by atoms with Crippen molar-refractivity contribution in [2.45, 2.75) is 20.3 Å². The highest BCUT2D eigenvalue weighted by Crippen LogP contribution is 2.22. The largest absolute Gasteiger partial charge is 0.310 e. The van der Waals surface area contributed by atoms with E-state index in [1.165, 1.54) is 18.2 Å². The van der Waals surface area contributed by atoms with E-state index in [0.29, 0.717) is 22.1 Å². The second-order valence-electron chi connectivity index (χ2n) is 5.31. The molecule has 0 fully saturated rings. The van der Waals surface area contributed by atoms with Gasteiger partial charge in [-0.1, -0.05) is 29.3 Å². The maximum atomic E-state index is 12.0. The van der Waals surface area contributed by atoms with Crippen molar-refractivity contribution in [2.24, 2.45) is 5.10 Å². The number of nitrogens with one attached hydrogen (secondary N) is 2. The first-order valence-electron chi connectivity index (χ1n) is 7.37. The molecular weight excluding hydrogens is 363 g/mol. The number of benzene rings is 1. The quantitative estimate of drug-likeness (QED) is 0.612. The van der Waals surface area contributed by atoms with E-state index < -0.39 is 5.91 Å². The summed E-state index contributed by atoms with van der Waals surface area (Å²) in [6.07, 6.45) is 0.0251. The van der Waals surface area contributed by atoms with Crippen LogP contribution in [0.1, 0.15) is 29.4 Å². The predicted molar refractivity (Wildman–Crippen MR) is 99.3 cm³/mol. The van der Waals surface area contributed by atoms with E-state index in [9.17, 15) is 9.59 Å². The lowest BCUT2D eigenvalue weighted by Crippen LogP contribution is -2.21. The maximum Gasteiger partial charge on any atom is 0.271 e. The van der Waals surface area contributed by atoms with Crippen LogP contribution in [-0.2, 0) is 4.79 Å². The summed E-state index contributed by atoms with van der Waals surface area (Å²) >= 11 is 11.7. The smallest absolute Gasteiger partial charge is 0.271 e. The molecule has 8 heteroatoms. The number of halogens is 2. The molecule has 1 aromatic heterocycles. The Kier molecular flexibility index (Phi) is 6.50. The summed E-state index contributed by atoms with van der Waals surface area (Å²) < 4.78 is 0. The van der Waals surface area contributed by atoms with Gasteiger partial charge in [-0.3, -0.25) is 9.59 Å². The number of aromatic nitrogens is 1. The number of anilines is 1. The number of pyridine rings is 1. The first kappa shape index (κ1) is 18.9. The van der Waals surface area contributed by atoms with Gasteiger partial charge in [0.05, 0.1) is 16.5 Å². The molecule has 0 radical (unpaired) electrons. The molecule has 0 aliphatic carbocycles. The molecule has 25 heavy (non-hydrogen) atoms. The average Bonchev–Trinajstić information content (AvgIpc) is 2.55. The van der Waals surface area contributed by atoms with Gasteiger partial charge in [0.15, 0.2) is 0 Å². The van der Waals surface area contributed by atoms with Gasteiger partial charge in [-0.2, -0.15) is 5.10 Å². The lowest BCUT2D eigenvalue weighted by molar-refractivity contribution is -0.115. The van der Waals surface area contributed by atoms with Gasteiger partial charge in [0, 0.05) is 17.0 Å². The van der Waals surface area contributed by atoms with Gasteiger partial charge in [0.25, 0.3) is 5.91 Å². The van der Waals surface area contributed by atoms with Crippen molar-refractivity contribution in [2.75, 3.05) is 5.32 Å². The highest BCUT2D eigenvalue weighted by molar-refractivity contribution is 6.42. The summed E-state index contributed by atoms with van der Waals surface area (Å²) in [6, 6.07) is 9.84. The summed E-state index contributed by atoms with van der Waals surface area (Å²) in [5.74, 6) is -0.251. The zero-order valence-corrected chi connectivity index (χ0v) is 15.1. The molecule has 6 nitrogen and oxygen atoms in total. The molecule has 0 saturated carbocycles. The fourth-order valence-corrected chi connectivity index (χ4v) is 2.22. The monoisotopic (exact) mass is 378 g/mol. The van der Waals surface area contributed by atoms with Gasteiger partial charge in [-0.25, -0.2) is 10.4 Å². The highest BCUT2D eigenvalue weighted by Gasteiger charge is 2.09. The summed E-state index contributed by atoms with van der Waals surface area (Å²) in [5, 5.41) is 7.22. The fourth-order valence-electron chi connectivity index (χ4n) is 1.92. The third-order valence-electron chi connectivity index (χ3n) is 3.10. The van der Waals surface area contributed by atoms with Gasteiger partial charge in [-0.15, -0.1) is 0 Å². The molecule has 2 amide bonds. The molecule has 0 aliphatic heterocycles. The van der Waals surface area contributed by atoms with Gasteiger partial charge in [0.1, 0.15) is 5.82 Å². The SMILES string of the molecule is C/C(CC(=O)Nc1cccc(C)n1)=N\NC(=O)c1ccc(Cl)c(Cl)c1. The van der Waals surface area contributed by atoms with E-state index in [-0.39, 0.29) is 17.4 Å². The number of hydrazone groups is 1. The Hall–Kier alpha value is -2.44. The van der Waals surface area contributed by atoms with Crippen LogP contribution in [0.3, 0.4) is 0 Å². The van der Waals surface area contributed by atoms with Crippen molar-refractivity contribution in [3.63, 3.8) is 0 Å². The van der Waals surface area contributed by atoms with E-state index in [0.717, 1.165) is 5.69 Å². The molecule has 130 valence electrons. The van der Waals surface area contributed by atoms with Crippen LogP contribution in [-0.4, -0.2) is 22.5 Å². The molecule has 0 spiro atoms. The molecule has 0 unspecified atom stereocenters. The maximum absolute atomic E-state index is 12.0. The molecule has 0 bridgehead atoms. The van der Waals surface area contributed by atoms with Crippen LogP contribution in [0, 0.1) is 6.92 Å². The van der Waals surface area contributed by atoms with Crippen molar-refractivity contribution in [3.8, 4) is 0 Å². The third kappa shape index (κ3) is 5.85. The van der Waals surface area contributed by atoms with Crippen molar-refractivity contribution in [1.82, 2.24) is 10.4 Å². The van der Waals surface area contributed by atoms with Crippen LogP contribution in [0.2, 0.25) is 10.0 Å². The van der Waals surface area contributed by atoms with Gasteiger partial charge < -0.3 is 5.32 Å². The second-order valence-corrected chi connectivity index (χ2v) is 6.12. The number of carbonyl (C=O) groups excluding carboxylic acids is 2. The number of carbonyl (C=O) groups is 2. The van der Waals surface area contributed by atoms with Gasteiger partial charge in [0.2, 0.25) is 5.91 Å². The average molecular weight is 379 g/mol. The predicted octanol–water partition coefficient (Wildman–Crippen LogP) is 3.83. The number of nitrogens with zero attached hydrogens (tertiary/aromatic N) is 2. The van der Waals surface area contributed by atoms with Crippen molar-refractivity contribution in [1.29, 1.82) is 0 Å². The van der Waals surface area contributed by atoms with Crippen molar-refractivity contribution in [3.05, 3.63) is 57.7 Å². The minimum Gasteiger partial charge on any atom is -0.310 e. The standard InChI is InChI=1S/C17H16Cl2N4O2/c1-10-4-3-5-15(20-10)21-16(24)8-11(2)22-23-17(25)12-6-7-13(18)14(19)9-12/h3-7,9H,8H2,1-2H3,(H,23,25)(H,20,21,24)/b22-11+. The minimum atomic E-state index is -0.446. The molecule has 2 rings (SSSR count). The van der Waals surface area contributed by atoms with E-state index in [2.05, 4.69) is 20.8 Å². The number of amides is 2. The summed E-state index contributed by atoms with van der Waals surface area (Å²) in [7, 11) is 0. The normalized spacial score (nSPS) is 11.1. The molecule has 0 saturated heterocycles.